The molecule has 6 heteroatoms. The van der Waals surface area contributed by atoms with Crippen LogP contribution in [0, 0.1) is 6.92 Å². The van der Waals surface area contributed by atoms with Crippen molar-refractivity contribution in [1.29, 1.82) is 0 Å². The van der Waals surface area contributed by atoms with Gasteiger partial charge >= 0.3 is 6.03 Å². The van der Waals surface area contributed by atoms with Crippen LogP contribution in [0.4, 0.5) is 10.5 Å². The van der Waals surface area contributed by atoms with Crippen LogP contribution in [0.5, 0.6) is 0 Å². The van der Waals surface area contributed by atoms with Crippen LogP contribution in [0.15, 0.2) is 47.4 Å². The summed E-state index contributed by atoms with van der Waals surface area (Å²) in [5.41, 5.74) is 2.06. The smallest absolute Gasteiger partial charge is 0.319 e. The minimum Gasteiger partial charge on any atom is -0.396 e. The molecular formula is C17H21N3O3. The lowest BCUT2D eigenvalue weighted by Gasteiger charge is -2.19. The zero-order valence-electron chi connectivity index (χ0n) is 13.2. The summed E-state index contributed by atoms with van der Waals surface area (Å²) >= 11 is 0. The minimum absolute atomic E-state index is 0.0291. The molecule has 6 nitrogen and oxygen atoms in total. The van der Waals surface area contributed by atoms with Gasteiger partial charge in [0, 0.05) is 25.9 Å². The molecule has 1 aromatic carbocycles. The Balaban J connectivity index is 2.11. The van der Waals surface area contributed by atoms with Crippen molar-refractivity contribution in [2.24, 2.45) is 7.05 Å². The molecular weight excluding hydrogens is 294 g/mol. The summed E-state index contributed by atoms with van der Waals surface area (Å²) in [6.45, 7) is 1.73. The van der Waals surface area contributed by atoms with Gasteiger partial charge in [0.05, 0.1) is 11.7 Å². The van der Waals surface area contributed by atoms with Gasteiger partial charge in [0.2, 0.25) is 0 Å². The van der Waals surface area contributed by atoms with Gasteiger partial charge < -0.3 is 20.3 Å². The SMILES string of the molecule is Cc1cc(=O)n(C)cc1NC(=O)N[C@H](CCO)c1ccccc1. The molecule has 2 amide bonds. The first-order valence-corrected chi connectivity index (χ1v) is 7.42. The molecule has 23 heavy (non-hydrogen) atoms. The molecule has 0 saturated carbocycles. The summed E-state index contributed by atoms with van der Waals surface area (Å²) < 4.78 is 1.41. The first-order valence-electron chi connectivity index (χ1n) is 7.42. The van der Waals surface area contributed by atoms with E-state index in [9.17, 15) is 14.7 Å². The standard InChI is InChI=1S/C17H21N3O3/c1-12-10-16(22)20(2)11-15(12)19-17(23)18-14(8-9-21)13-6-4-3-5-7-13/h3-7,10-11,14,21H,8-9H2,1-2H3,(H2,18,19,23)/t14-/m1/s1. The molecule has 0 aliphatic heterocycles. The Kier molecular flexibility index (Phi) is 5.54. The normalized spacial score (nSPS) is 11.8. The molecule has 3 N–H and O–H groups in total. The number of pyridine rings is 1. The number of anilines is 1. The number of carbonyl (C=O) groups is 1. The molecule has 0 saturated heterocycles. The Bertz CT molecular complexity index is 726. The van der Waals surface area contributed by atoms with E-state index in [-0.39, 0.29) is 24.2 Å². The van der Waals surface area contributed by atoms with Crippen molar-refractivity contribution >= 4 is 11.7 Å². The molecule has 0 aliphatic rings. The summed E-state index contributed by atoms with van der Waals surface area (Å²) in [5, 5.41) is 14.8. The second-order valence-electron chi connectivity index (χ2n) is 5.39. The first-order chi connectivity index (χ1) is 11.0. The number of amides is 2. The molecule has 2 aromatic rings. The summed E-state index contributed by atoms with van der Waals surface area (Å²) in [5.74, 6) is 0. The number of carbonyl (C=O) groups excluding carboxylic acids is 1. The lowest BCUT2D eigenvalue weighted by molar-refractivity contribution is 0.239. The van der Waals surface area contributed by atoms with Crippen LogP contribution in [0.25, 0.3) is 0 Å². The summed E-state index contributed by atoms with van der Waals surface area (Å²) in [6, 6.07) is 10.3. The molecule has 1 heterocycles. The minimum atomic E-state index is -0.381. The van der Waals surface area contributed by atoms with Gasteiger partial charge in [-0.2, -0.15) is 0 Å². The maximum absolute atomic E-state index is 12.2. The van der Waals surface area contributed by atoms with Crippen molar-refractivity contribution in [1.82, 2.24) is 9.88 Å². The Hall–Kier alpha value is -2.60. The van der Waals surface area contributed by atoms with Gasteiger partial charge in [-0.3, -0.25) is 4.79 Å². The largest absolute Gasteiger partial charge is 0.396 e. The lowest BCUT2D eigenvalue weighted by Crippen LogP contribution is -2.33. The lowest BCUT2D eigenvalue weighted by atomic mass is 10.0. The van der Waals surface area contributed by atoms with Crippen LogP contribution in [0.3, 0.4) is 0 Å². The fourth-order valence-electron chi connectivity index (χ4n) is 2.31. The van der Waals surface area contributed by atoms with Crippen molar-refractivity contribution in [3.63, 3.8) is 0 Å². The molecule has 1 atom stereocenters. The van der Waals surface area contributed by atoms with Crippen molar-refractivity contribution in [2.45, 2.75) is 19.4 Å². The third-order valence-electron chi connectivity index (χ3n) is 3.61. The highest BCUT2D eigenvalue weighted by molar-refractivity contribution is 5.90. The Labute approximate surface area is 134 Å². The van der Waals surface area contributed by atoms with E-state index in [1.807, 2.05) is 30.3 Å². The van der Waals surface area contributed by atoms with Crippen LogP contribution in [-0.4, -0.2) is 22.3 Å². The van der Waals surface area contributed by atoms with Crippen molar-refractivity contribution < 1.29 is 9.90 Å². The van der Waals surface area contributed by atoms with Gasteiger partial charge in [-0.1, -0.05) is 30.3 Å². The van der Waals surface area contributed by atoms with E-state index in [4.69, 9.17) is 0 Å². The van der Waals surface area contributed by atoms with Crippen LogP contribution < -0.4 is 16.2 Å². The third-order valence-corrected chi connectivity index (χ3v) is 3.61. The Morgan fingerprint density at radius 1 is 1.30 bits per heavy atom. The van der Waals surface area contributed by atoms with Crippen LogP contribution >= 0.6 is 0 Å². The monoisotopic (exact) mass is 315 g/mol. The number of benzene rings is 1. The van der Waals surface area contributed by atoms with Crippen molar-refractivity contribution in [3.05, 3.63) is 64.1 Å². The molecule has 1 aromatic heterocycles. The number of nitrogens with zero attached hydrogens (tertiary/aromatic N) is 1. The second kappa shape index (κ2) is 7.60. The van der Waals surface area contributed by atoms with E-state index < -0.39 is 0 Å². The van der Waals surface area contributed by atoms with E-state index >= 15 is 0 Å². The number of rotatable bonds is 5. The Morgan fingerprint density at radius 3 is 2.65 bits per heavy atom. The zero-order valence-corrected chi connectivity index (χ0v) is 13.2. The van der Waals surface area contributed by atoms with Gasteiger partial charge in [0.15, 0.2) is 0 Å². The van der Waals surface area contributed by atoms with E-state index in [1.165, 1.54) is 10.6 Å². The van der Waals surface area contributed by atoms with Gasteiger partial charge in [-0.15, -0.1) is 0 Å². The number of aliphatic hydroxyl groups excluding tert-OH is 1. The number of hydrogen-bond acceptors (Lipinski definition) is 3. The number of nitrogens with one attached hydrogen (secondary N) is 2. The van der Waals surface area contributed by atoms with Gasteiger partial charge in [0.1, 0.15) is 0 Å². The fraction of sp³-hybridized carbons (Fsp3) is 0.294. The molecule has 0 bridgehead atoms. The molecule has 122 valence electrons. The van der Waals surface area contributed by atoms with Crippen molar-refractivity contribution in [3.8, 4) is 0 Å². The van der Waals surface area contributed by atoms with Crippen molar-refractivity contribution in [2.75, 3.05) is 11.9 Å². The van der Waals surface area contributed by atoms with E-state index in [0.717, 1.165) is 5.56 Å². The number of hydrogen-bond donors (Lipinski definition) is 3. The highest BCUT2D eigenvalue weighted by Crippen LogP contribution is 2.17. The summed E-state index contributed by atoms with van der Waals surface area (Å²) in [6.07, 6.45) is 2.00. The quantitative estimate of drug-likeness (QED) is 0.788. The summed E-state index contributed by atoms with van der Waals surface area (Å²) in [7, 11) is 1.63. The van der Waals surface area contributed by atoms with Crippen LogP contribution in [-0.2, 0) is 7.05 Å². The highest BCUT2D eigenvalue weighted by Gasteiger charge is 2.14. The highest BCUT2D eigenvalue weighted by atomic mass is 16.3. The maximum Gasteiger partial charge on any atom is 0.319 e. The average Bonchev–Trinajstić information content (AvgIpc) is 2.53. The van der Waals surface area contributed by atoms with Gasteiger partial charge in [0.25, 0.3) is 5.56 Å². The number of aryl methyl sites for hydroxylation is 2. The maximum atomic E-state index is 12.2. The molecule has 0 unspecified atom stereocenters. The summed E-state index contributed by atoms with van der Waals surface area (Å²) in [4.78, 5) is 23.8. The molecule has 0 fully saturated rings. The fourth-order valence-corrected chi connectivity index (χ4v) is 2.31. The predicted octanol–water partition coefficient (Wildman–Crippen LogP) is 1.94. The number of urea groups is 1. The molecule has 0 aliphatic carbocycles. The van der Waals surface area contributed by atoms with E-state index in [1.54, 1.807) is 20.2 Å². The number of aromatic nitrogens is 1. The van der Waals surface area contributed by atoms with Crippen LogP contribution in [0.1, 0.15) is 23.6 Å². The van der Waals surface area contributed by atoms with Gasteiger partial charge in [-0.25, -0.2) is 4.79 Å². The van der Waals surface area contributed by atoms with E-state index in [0.29, 0.717) is 17.7 Å². The molecule has 2 rings (SSSR count). The van der Waals surface area contributed by atoms with E-state index in [2.05, 4.69) is 10.6 Å². The number of aliphatic hydroxyl groups is 1. The molecule has 0 radical (unpaired) electrons. The zero-order chi connectivity index (χ0) is 16.8. The average molecular weight is 315 g/mol. The molecule has 0 spiro atoms. The Morgan fingerprint density at radius 2 is 2.00 bits per heavy atom. The second-order valence-corrected chi connectivity index (χ2v) is 5.39. The van der Waals surface area contributed by atoms with Crippen LogP contribution in [0.2, 0.25) is 0 Å². The predicted molar refractivity (Wildman–Crippen MR) is 89.5 cm³/mol. The van der Waals surface area contributed by atoms with Gasteiger partial charge in [-0.05, 0) is 24.5 Å². The first kappa shape index (κ1) is 16.8. The topological polar surface area (TPSA) is 83.4 Å². The third kappa shape index (κ3) is 4.43.